The highest BCUT2D eigenvalue weighted by Gasteiger charge is 2.13. The van der Waals surface area contributed by atoms with Crippen LogP contribution in [0.3, 0.4) is 0 Å². The number of hydrogen-bond donors (Lipinski definition) is 1. The van der Waals surface area contributed by atoms with Crippen LogP contribution in [-0.4, -0.2) is 24.5 Å². The van der Waals surface area contributed by atoms with Gasteiger partial charge >= 0.3 is 0 Å². The van der Waals surface area contributed by atoms with Crippen LogP contribution in [0.5, 0.6) is 0 Å². The van der Waals surface area contributed by atoms with Crippen LogP contribution >= 0.6 is 0 Å². The van der Waals surface area contributed by atoms with E-state index in [1.807, 2.05) is 6.07 Å². The van der Waals surface area contributed by atoms with Crippen LogP contribution in [0, 0.1) is 0 Å². The highest BCUT2D eigenvalue weighted by molar-refractivity contribution is 5.18. The minimum atomic E-state index is 0.201. The molecule has 1 aromatic rings. The van der Waals surface area contributed by atoms with E-state index in [2.05, 4.69) is 29.2 Å². The van der Waals surface area contributed by atoms with Gasteiger partial charge in [-0.25, -0.2) is 0 Å². The predicted molar refractivity (Wildman–Crippen MR) is 63.7 cm³/mol. The van der Waals surface area contributed by atoms with Crippen LogP contribution in [0.4, 0.5) is 0 Å². The second kappa shape index (κ2) is 5.29. The Hall–Kier alpha value is -0.860. The molecule has 2 rings (SSSR count). The highest BCUT2D eigenvalue weighted by atomic mass is 15.1. The summed E-state index contributed by atoms with van der Waals surface area (Å²) < 4.78 is 0. The second-order valence-electron chi connectivity index (χ2n) is 4.35. The molecular formula is C13H20N2. The highest BCUT2D eigenvalue weighted by Crippen LogP contribution is 2.15. The van der Waals surface area contributed by atoms with Crippen molar-refractivity contribution in [3.8, 4) is 0 Å². The van der Waals surface area contributed by atoms with Gasteiger partial charge < -0.3 is 10.6 Å². The third-order valence-electron chi connectivity index (χ3n) is 3.18. The van der Waals surface area contributed by atoms with E-state index in [-0.39, 0.29) is 6.04 Å². The van der Waals surface area contributed by atoms with Gasteiger partial charge in [0.2, 0.25) is 0 Å². The minimum Gasteiger partial charge on any atom is -0.324 e. The molecule has 0 aromatic heterocycles. The molecule has 2 nitrogen and oxygen atoms in total. The molecule has 0 amide bonds. The first-order valence-electron chi connectivity index (χ1n) is 5.89. The van der Waals surface area contributed by atoms with E-state index in [0.29, 0.717) is 0 Å². The molecule has 2 N–H and O–H groups in total. The van der Waals surface area contributed by atoms with Crippen LogP contribution in [0.1, 0.15) is 30.9 Å². The molecule has 1 unspecified atom stereocenters. The van der Waals surface area contributed by atoms with Crippen LogP contribution < -0.4 is 5.73 Å². The van der Waals surface area contributed by atoms with Crippen molar-refractivity contribution in [1.82, 2.24) is 4.90 Å². The second-order valence-corrected chi connectivity index (χ2v) is 4.35. The van der Waals surface area contributed by atoms with Gasteiger partial charge in [-0.1, -0.05) is 30.3 Å². The first-order valence-corrected chi connectivity index (χ1v) is 5.89. The van der Waals surface area contributed by atoms with Gasteiger partial charge in [0.15, 0.2) is 0 Å². The number of likely N-dealkylation sites (tertiary alicyclic amines) is 1. The van der Waals surface area contributed by atoms with Gasteiger partial charge in [-0.15, -0.1) is 0 Å². The fourth-order valence-electron chi connectivity index (χ4n) is 2.19. The van der Waals surface area contributed by atoms with E-state index in [0.717, 1.165) is 13.0 Å². The van der Waals surface area contributed by atoms with Gasteiger partial charge in [-0.05, 0) is 44.5 Å². The Morgan fingerprint density at radius 2 is 1.80 bits per heavy atom. The molecule has 1 heterocycles. The van der Waals surface area contributed by atoms with E-state index < -0.39 is 0 Å². The third-order valence-corrected chi connectivity index (χ3v) is 3.18. The Morgan fingerprint density at radius 1 is 1.13 bits per heavy atom. The first kappa shape index (κ1) is 10.7. The molecule has 1 atom stereocenters. The van der Waals surface area contributed by atoms with Gasteiger partial charge in [0.25, 0.3) is 0 Å². The lowest BCUT2D eigenvalue weighted by Gasteiger charge is -2.18. The summed E-state index contributed by atoms with van der Waals surface area (Å²) in [4.78, 5) is 2.52. The lowest BCUT2D eigenvalue weighted by Crippen LogP contribution is -2.24. The van der Waals surface area contributed by atoms with Gasteiger partial charge in [0, 0.05) is 6.04 Å². The van der Waals surface area contributed by atoms with Gasteiger partial charge in [-0.2, -0.15) is 0 Å². The summed E-state index contributed by atoms with van der Waals surface area (Å²) in [5.74, 6) is 0. The van der Waals surface area contributed by atoms with Gasteiger partial charge in [0.05, 0.1) is 0 Å². The van der Waals surface area contributed by atoms with Gasteiger partial charge in [0.1, 0.15) is 0 Å². The average Bonchev–Trinajstić information content (AvgIpc) is 2.80. The molecule has 1 fully saturated rings. The van der Waals surface area contributed by atoms with Crippen LogP contribution in [0.25, 0.3) is 0 Å². The molecule has 2 heteroatoms. The van der Waals surface area contributed by atoms with E-state index in [1.54, 1.807) is 0 Å². The van der Waals surface area contributed by atoms with Crippen molar-refractivity contribution in [2.24, 2.45) is 5.73 Å². The topological polar surface area (TPSA) is 29.3 Å². The molecule has 82 valence electrons. The largest absolute Gasteiger partial charge is 0.324 e. The van der Waals surface area contributed by atoms with Crippen molar-refractivity contribution in [1.29, 1.82) is 0 Å². The van der Waals surface area contributed by atoms with E-state index in [1.165, 1.54) is 31.5 Å². The summed E-state index contributed by atoms with van der Waals surface area (Å²) in [6.07, 6.45) is 3.80. The lowest BCUT2D eigenvalue weighted by atomic mass is 10.0. The maximum Gasteiger partial charge on any atom is 0.0307 e. The Bertz CT molecular complexity index is 278. The molecule has 0 spiro atoms. The quantitative estimate of drug-likeness (QED) is 0.814. The molecule has 0 saturated carbocycles. The predicted octanol–water partition coefficient (Wildman–Crippen LogP) is 2.17. The molecule has 0 radical (unpaired) electrons. The van der Waals surface area contributed by atoms with Crippen molar-refractivity contribution in [2.75, 3.05) is 19.6 Å². The van der Waals surface area contributed by atoms with E-state index >= 15 is 0 Å². The average molecular weight is 204 g/mol. The lowest BCUT2D eigenvalue weighted by molar-refractivity contribution is 0.322. The van der Waals surface area contributed by atoms with Crippen molar-refractivity contribution in [3.63, 3.8) is 0 Å². The molecule has 0 aliphatic carbocycles. The maximum atomic E-state index is 6.15. The molecule has 1 saturated heterocycles. The molecule has 1 aromatic carbocycles. The SMILES string of the molecule is NC(CCN1CCCC1)c1ccccc1. The molecule has 15 heavy (non-hydrogen) atoms. The summed E-state index contributed by atoms with van der Waals surface area (Å²) in [7, 11) is 0. The minimum absolute atomic E-state index is 0.201. The van der Waals surface area contributed by atoms with Crippen molar-refractivity contribution < 1.29 is 0 Å². The fraction of sp³-hybridized carbons (Fsp3) is 0.538. The monoisotopic (exact) mass is 204 g/mol. The summed E-state index contributed by atoms with van der Waals surface area (Å²) in [6.45, 7) is 3.68. The number of benzene rings is 1. The summed E-state index contributed by atoms with van der Waals surface area (Å²) >= 11 is 0. The van der Waals surface area contributed by atoms with Crippen molar-refractivity contribution in [3.05, 3.63) is 35.9 Å². The first-order chi connectivity index (χ1) is 7.36. The Labute approximate surface area is 92.1 Å². The van der Waals surface area contributed by atoms with Gasteiger partial charge in [-0.3, -0.25) is 0 Å². The Balaban J connectivity index is 1.79. The summed E-state index contributed by atoms with van der Waals surface area (Å²) in [6, 6.07) is 10.6. The Kier molecular flexibility index (Phi) is 3.75. The molecule has 1 aliphatic rings. The summed E-state index contributed by atoms with van der Waals surface area (Å²) in [5, 5.41) is 0. The standard InChI is InChI=1S/C13H20N2/c14-13(12-6-2-1-3-7-12)8-11-15-9-4-5-10-15/h1-3,6-7,13H,4-5,8-11,14H2. The number of nitrogens with two attached hydrogens (primary N) is 1. The zero-order valence-corrected chi connectivity index (χ0v) is 9.23. The van der Waals surface area contributed by atoms with Crippen LogP contribution in [0.2, 0.25) is 0 Å². The number of hydrogen-bond acceptors (Lipinski definition) is 2. The van der Waals surface area contributed by atoms with Crippen LogP contribution in [0.15, 0.2) is 30.3 Å². The fourth-order valence-corrected chi connectivity index (χ4v) is 2.19. The molecular weight excluding hydrogens is 184 g/mol. The summed E-state index contributed by atoms with van der Waals surface area (Å²) in [5.41, 5.74) is 7.41. The molecule has 0 bridgehead atoms. The zero-order valence-electron chi connectivity index (χ0n) is 9.23. The molecule has 1 aliphatic heterocycles. The zero-order chi connectivity index (χ0) is 10.5. The van der Waals surface area contributed by atoms with Crippen molar-refractivity contribution in [2.45, 2.75) is 25.3 Å². The Morgan fingerprint density at radius 3 is 2.47 bits per heavy atom. The smallest absolute Gasteiger partial charge is 0.0307 e. The van der Waals surface area contributed by atoms with E-state index in [9.17, 15) is 0 Å². The number of nitrogens with zero attached hydrogens (tertiary/aromatic N) is 1. The van der Waals surface area contributed by atoms with Crippen molar-refractivity contribution >= 4 is 0 Å². The van der Waals surface area contributed by atoms with Crippen LogP contribution in [-0.2, 0) is 0 Å². The normalized spacial score (nSPS) is 19.3. The maximum absolute atomic E-state index is 6.15. The third kappa shape index (κ3) is 3.05. The van der Waals surface area contributed by atoms with E-state index in [4.69, 9.17) is 5.73 Å². The number of rotatable bonds is 4.